The second kappa shape index (κ2) is 8.48. The fraction of sp³-hybridized carbons (Fsp3) is 0.120. The highest BCUT2D eigenvalue weighted by Crippen LogP contribution is 2.33. The Morgan fingerprint density at radius 2 is 2.00 bits per heavy atom. The lowest BCUT2D eigenvalue weighted by Crippen LogP contribution is -2.39. The summed E-state index contributed by atoms with van der Waals surface area (Å²) in [7, 11) is 0. The smallest absolute Gasteiger partial charge is 0.265 e. The molecule has 4 aromatic rings. The van der Waals surface area contributed by atoms with Gasteiger partial charge in [0.15, 0.2) is 12.4 Å². The van der Waals surface area contributed by atoms with Gasteiger partial charge >= 0.3 is 0 Å². The summed E-state index contributed by atoms with van der Waals surface area (Å²) in [6.45, 7) is 3.78. The fourth-order valence-electron chi connectivity index (χ4n) is 3.86. The Balaban J connectivity index is 1.49. The van der Waals surface area contributed by atoms with Crippen molar-refractivity contribution in [2.75, 3.05) is 18.1 Å². The second-order valence-electron chi connectivity index (χ2n) is 7.56. The Morgan fingerprint density at radius 1 is 1.18 bits per heavy atom. The van der Waals surface area contributed by atoms with E-state index < -0.39 is 0 Å². The van der Waals surface area contributed by atoms with Crippen molar-refractivity contribution in [2.24, 2.45) is 0 Å². The normalized spacial score (nSPS) is 13.0. The van der Waals surface area contributed by atoms with E-state index in [9.17, 15) is 14.4 Å². The summed E-state index contributed by atoms with van der Waals surface area (Å²) < 4.78 is 6.80. The van der Waals surface area contributed by atoms with Crippen LogP contribution in [0.25, 0.3) is 21.3 Å². The number of rotatable bonds is 6. The van der Waals surface area contributed by atoms with Gasteiger partial charge in [-0.05, 0) is 23.8 Å². The maximum atomic E-state index is 13.3. The quantitative estimate of drug-likeness (QED) is 0.324. The highest BCUT2D eigenvalue weighted by Gasteiger charge is 2.26. The number of carbonyl (C=O) groups is 2. The molecular formula is C25H19N3O4S. The van der Waals surface area contributed by atoms with E-state index in [2.05, 4.69) is 11.6 Å². The highest BCUT2D eigenvalue weighted by molar-refractivity contribution is 7.17. The SMILES string of the molecule is C=CCN1C(=O)COc2ccc(C(=O)Cn3cnc4scc(-c5ccccc5)c4c3=O)cc21. The van der Waals surface area contributed by atoms with Crippen molar-refractivity contribution in [3.63, 3.8) is 0 Å². The van der Waals surface area contributed by atoms with E-state index >= 15 is 0 Å². The van der Waals surface area contributed by atoms with Crippen LogP contribution in [0.4, 0.5) is 5.69 Å². The minimum absolute atomic E-state index is 0.0560. The van der Waals surface area contributed by atoms with Gasteiger partial charge in [-0.25, -0.2) is 4.98 Å². The summed E-state index contributed by atoms with van der Waals surface area (Å²) >= 11 is 1.40. The van der Waals surface area contributed by atoms with E-state index in [0.717, 1.165) is 11.1 Å². The standard InChI is InChI=1S/C25H19N3O4S/c1-2-10-28-19-11-17(8-9-21(19)32-13-22(28)30)20(29)12-27-15-26-24-23(25(27)31)18(14-33-24)16-6-4-3-5-7-16/h2-9,11,14-15H,1,10,12-13H2. The molecule has 0 N–H and O–H groups in total. The van der Waals surface area contributed by atoms with Crippen LogP contribution in [0.5, 0.6) is 5.75 Å². The number of benzene rings is 2. The molecule has 0 aliphatic carbocycles. The highest BCUT2D eigenvalue weighted by atomic mass is 32.1. The van der Waals surface area contributed by atoms with Crippen molar-refractivity contribution in [3.8, 4) is 16.9 Å². The zero-order valence-electron chi connectivity index (χ0n) is 17.6. The summed E-state index contributed by atoms with van der Waals surface area (Å²) in [6.07, 6.45) is 3.02. The van der Waals surface area contributed by atoms with Crippen molar-refractivity contribution in [1.29, 1.82) is 0 Å². The van der Waals surface area contributed by atoms with Crippen LogP contribution in [0.1, 0.15) is 10.4 Å². The molecule has 5 rings (SSSR count). The van der Waals surface area contributed by atoms with Gasteiger partial charge < -0.3 is 9.64 Å². The first-order valence-electron chi connectivity index (χ1n) is 10.3. The van der Waals surface area contributed by atoms with E-state index in [-0.39, 0.29) is 30.4 Å². The third kappa shape index (κ3) is 3.74. The molecule has 8 heteroatoms. The van der Waals surface area contributed by atoms with Gasteiger partial charge in [0.25, 0.3) is 11.5 Å². The molecule has 2 aromatic carbocycles. The van der Waals surface area contributed by atoms with E-state index in [4.69, 9.17) is 4.74 Å². The number of hydrogen-bond donors (Lipinski definition) is 0. The molecule has 0 bridgehead atoms. The average Bonchev–Trinajstić information content (AvgIpc) is 3.28. The Morgan fingerprint density at radius 3 is 2.79 bits per heavy atom. The lowest BCUT2D eigenvalue weighted by atomic mass is 10.1. The molecule has 3 heterocycles. The number of ketones is 1. The summed E-state index contributed by atoms with van der Waals surface area (Å²) in [5.41, 5.74) is 2.36. The van der Waals surface area contributed by atoms with Gasteiger partial charge in [-0.15, -0.1) is 17.9 Å². The number of fused-ring (bicyclic) bond motifs is 2. The summed E-state index contributed by atoms with van der Waals surface area (Å²) in [4.78, 5) is 45.1. The van der Waals surface area contributed by atoms with Crippen molar-refractivity contribution >= 4 is 38.9 Å². The molecule has 1 aliphatic rings. The lowest BCUT2D eigenvalue weighted by molar-refractivity contribution is -0.121. The van der Waals surface area contributed by atoms with Gasteiger partial charge in [0, 0.05) is 23.1 Å². The topological polar surface area (TPSA) is 81.5 Å². The van der Waals surface area contributed by atoms with E-state index in [0.29, 0.717) is 33.8 Å². The first kappa shape index (κ1) is 20.8. The monoisotopic (exact) mass is 457 g/mol. The summed E-state index contributed by atoms with van der Waals surface area (Å²) in [5.74, 6) is 0.0527. The molecule has 0 radical (unpaired) electrons. The Kier molecular flexibility index (Phi) is 5.35. The first-order valence-corrected chi connectivity index (χ1v) is 11.2. The first-order chi connectivity index (χ1) is 16.1. The number of nitrogens with zero attached hydrogens (tertiary/aromatic N) is 3. The average molecular weight is 458 g/mol. The number of amides is 1. The number of thiophene rings is 1. The van der Waals surface area contributed by atoms with Crippen LogP contribution in [0.15, 0.2) is 77.7 Å². The molecule has 7 nitrogen and oxygen atoms in total. The molecule has 0 unspecified atom stereocenters. The van der Waals surface area contributed by atoms with Crippen LogP contribution < -0.4 is 15.2 Å². The number of hydrogen-bond acceptors (Lipinski definition) is 6. The maximum absolute atomic E-state index is 13.3. The van der Waals surface area contributed by atoms with E-state index in [1.807, 2.05) is 35.7 Å². The molecular weight excluding hydrogens is 438 g/mol. The number of anilines is 1. The Hall–Kier alpha value is -4.04. The Bertz CT molecular complexity index is 1460. The van der Waals surface area contributed by atoms with E-state index in [1.54, 1.807) is 24.3 Å². The van der Waals surface area contributed by atoms with Crippen LogP contribution in [0.3, 0.4) is 0 Å². The van der Waals surface area contributed by atoms with Gasteiger partial charge in [-0.2, -0.15) is 0 Å². The second-order valence-corrected chi connectivity index (χ2v) is 8.42. The largest absolute Gasteiger partial charge is 0.482 e. The van der Waals surface area contributed by atoms with Crippen LogP contribution in [-0.2, 0) is 11.3 Å². The van der Waals surface area contributed by atoms with E-state index in [1.165, 1.54) is 27.1 Å². The third-order valence-electron chi connectivity index (χ3n) is 5.50. The number of ether oxygens (including phenoxy) is 1. The van der Waals surface area contributed by atoms with Crippen LogP contribution in [0.2, 0.25) is 0 Å². The van der Waals surface area contributed by atoms with Crippen LogP contribution in [-0.4, -0.2) is 34.4 Å². The molecule has 0 fully saturated rings. The zero-order valence-corrected chi connectivity index (χ0v) is 18.4. The summed E-state index contributed by atoms with van der Waals surface area (Å²) in [6, 6.07) is 14.6. The molecule has 0 saturated carbocycles. The number of aromatic nitrogens is 2. The zero-order chi connectivity index (χ0) is 22.9. The molecule has 1 amide bonds. The third-order valence-corrected chi connectivity index (χ3v) is 6.38. The van der Waals surface area contributed by atoms with Gasteiger partial charge in [0.2, 0.25) is 0 Å². The molecule has 1 aliphatic heterocycles. The van der Waals surface area contributed by atoms with Gasteiger partial charge in [0.05, 0.1) is 23.9 Å². The molecule has 33 heavy (non-hydrogen) atoms. The minimum atomic E-state index is -0.269. The maximum Gasteiger partial charge on any atom is 0.265 e. The van der Waals surface area contributed by atoms with Crippen LogP contribution in [0, 0.1) is 0 Å². The van der Waals surface area contributed by atoms with Crippen molar-refractivity contribution in [3.05, 3.63) is 88.8 Å². The predicted molar refractivity (Wildman–Crippen MR) is 128 cm³/mol. The van der Waals surface area contributed by atoms with Gasteiger partial charge in [-0.1, -0.05) is 36.4 Å². The molecule has 0 saturated heterocycles. The van der Waals surface area contributed by atoms with Crippen molar-refractivity contribution in [1.82, 2.24) is 9.55 Å². The molecule has 0 spiro atoms. The molecule has 2 aromatic heterocycles. The molecule has 164 valence electrons. The number of Topliss-reactive ketones (excluding diaryl/α,β-unsaturated/α-hetero) is 1. The summed E-state index contributed by atoms with van der Waals surface area (Å²) in [5, 5.41) is 2.41. The predicted octanol–water partition coefficient (Wildman–Crippen LogP) is 3.92. The fourth-order valence-corrected chi connectivity index (χ4v) is 4.77. The Labute approximate surface area is 193 Å². The van der Waals surface area contributed by atoms with Crippen molar-refractivity contribution < 1.29 is 14.3 Å². The molecule has 0 atom stereocenters. The van der Waals surface area contributed by atoms with Crippen molar-refractivity contribution in [2.45, 2.75) is 6.54 Å². The minimum Gasteiger partial charge on any atom is -0.482 e. The number of carbonyl (C=O) groups excluding carboxylic acids is 2. The van der Waals surface area contributed by atoms with Gasteiger partial charge in [-0.3, -0.25) is 19.0 Å². The lowest BCUT2D eigenvalue weighted by Gasteiger charge is -2.28. The van der Waals surface area contributed by atoms with Gasteiger partial charge in [0.1, 0.15) is 10.6 Å². The van der Waals surface area contributed by atoms with Crippen LogP contribution >= 0.6 is 11.3 Å².